The summed E-state index contributed by atoms with van der Waals surface area (Å²) in [5, 5.41) is 21.4. The number of aliphatic hydroxyl groups is 2. The third-order valence-corrected chi connectivity index (χ3v) is 4.63. The zero-order chi connectivity index (χ0) is 13.7. The average Bonchev–Trinajstić information content (AvgIpc) is 2.87. The maximum Gasteiger partial charge on any atom is 0.0605 e. The van der Waals surface area contributed by atoms with Gasteiger partial charge in [-0.15, -0.1) is 11.3 Å². The molecule has 1 fully saturated rings. The summed E-state index contributed by atoms with van der Waals surface area (Å²) >= 11 is 1.74. The molecule has 0 bridgehead atoms. The SMILES string of the molecule is CN1CC[C@@H](O)[C@H](CN(CCO)Cc2cccs2)C1. The fourth-order valence-corrected chi connectivity index (χ4v) is 3.46. The third kappa shape index (κ3) is 4.54. The van der Waals surface area contributed by atoms with Gasteiger partial charge in [-0.3, -0.25) is 4.90 Å². The number of hydrogen-bond acceptors (Lipinski definition) is 5. The van der Waals surface area contributed by atoms with Crippen LogP contribution in [0.3, 0.4) is 0 Å². The second-order valence-corrected chi connectivity index (χ2v) is 6.45. The van der Waals surface area contributed by atoms with E-state index in [2.05, 4.69) is 34.4 Å². The molecule has 1 saturated heterocycles. The fourth-order valence-electron chi connectivity index (χ4n) is 2.71. The summed E-state index contributed by atoms with van der Waals surface area (Å²) in [6, 6.07) is 4.18. The molecule has 0 saturated carbocycles. The molecule has 2 heterocycles. The van der Waals surface area contributed by atoms with Gasteiger partial charge < -0.3 is 15.1 Å². The smallest absolute Gasteiger partial charge is 0.0605 e. The molecule has 5 heteroatoms. The molecule has 2 rings (SSSR count). The van der Waals surface area contributed by atoms with E-state index in [1.165, 1.54) is 4.88 Å². The Morgan fingerprint density at radius 1 is 1.53 bits per heavy atom. The van der Waals surface area contributed by atoms with Crippen molar-refractivity contribution < 1.29 is 10.2 Å². The van der Waals surface area contributed by atoms with Crippen LogP contribution in [0.15, 0.2) is 17.5 Å². The van der Waals surface area contributed by atoms with Gasteiger partial charge in [-0.25, -0.2) is 0 Å². The molecule has 0 aromatic carbocycles. The first-order valence-corrected chi connectivity index (χ1v) is 7.79. The molecule has 2 atom stereocenters. The van der Waals surface area contributed by atoms with Gasteiger partial charge in [-0.1, -0.05) is 6.07 Å². The summed E-state index contributed by atoms with van der Waals surface area (Å²) in [7, 11) is 2.11. The second kappa shape index (κ2) is 7.36. The van der Waals surface area contributed by atoms with Crippen LogP contribution in [0.1, 0.15) is 11.3 Å². The van der Waals surface area contributed by atoms with E-state index in [1.54, 1.807) is 11.3 Å². The number of hydrogen-bond donors (Lipinski definition) is 2. The van der Waals surface area contributed by atoms with Gasteiger partial charge in [0, 0.05) is 43.5 Å². The van der Waals surface area contributed by atoms with Gasteiger partial charge in [-0.2, -0.15) is 0 Å². The Balaban J connectivity index is 1.91. The van der Waals surface area contributed by atoms with Crippen molar-refractivity contribution in [3.05, 3.63) is 22.4 Å². The lowest BCUT2D eigenvalue weighted by molar-refractivity contribution is 0.0140. The molecule has 0 aliphatic carbocycles. The van der Waals surface area contributed by atoms with Gasteiger partial charge in [-0.05, 0) is 24.9 Å². The number of likely N-dealkylation sites (tertiary alicyclic amines) is 1. The summed E-state index contributed by atoms with van der Waals surface area (Å²) < 4.78 is 0. The largest absolute Gasteiger partial charge is 0.395 e. The van der Waals surface area contributed by atoms with Crippen LogP contribution in [-0.4, -0.2) is 66.0 Å². The predicted octanol–water partition coefficient (Wildman–Crippen LogP) is 0.855. The molecule has 1 aromatic heterocycles. The standard InChI is InChI=1S/C14H24N2O2S/c1-15-5-4-14(18)12(9-15)10-16(6-7-17)11-13-3-2-8-19-13/h2-3,8,12,14,17-18H,4-7,9-11H2,1H3/t12-,14+/m0/s1. The summed E-state index contributed by atoms with van der Waals surface area (Å²) in [6.07, 6.45) is 0.647. The van der Waals surface area contributed by atoms with Gasteiger partial charge in [0.25, 0.3) is 0 Å². The average molecular weight is 284 g/mol. The number of thiophene rings is 1. The molecule has 0 spiro atoms. The summed E-state index contributed by atoms with van der Waals surface area (Å²) in [6.45, 7) is 4.47. The lowest BCUT2D eigenvalue weighted by Gasteiger charge is -2.36. The third-order valence-electron chi connectivity index (χ3n) is 3.77. The molecule has 19 heavy (non-hydrogen) atoms. The van der Waals surface area contributed by atoms with Gasteiger partial charge >= 0.3 is 0 Å². The number of rotatable bonds is 6. The van der Waals surface area contributed by atoms with Crippen molar-refractivity contribution in [1.29, 1.82) is 0 Å². The highest BCUT2D eigenvalue weighted by Gasteiger charge is 2.27. The second-order valence-electron chi connectivity index (χ2n) is 5.42. The molecule has 4 nitrogen and oxygen atoms in total. The zero-order valence-electron chi connectivity index (χ0n) is 11.5. The van der Waals surface area contributed by atoms with Gasteiger partial charge in [0.1, 0.15) is 0 Å². The van der Waals surface area contributed by atoms with Crippen molar-refractivity contribution in [3.63, 3.8) is 0 Å². The Hall–Kier alpha value is -0.460. The Morgan fingerprint density at radius 2 is 2.37 bits per heavy atom. The quantitative estimate of drug-likeness (QED) is 0.813. The lowest BCUT2D eigenvalue weighted by atomic mass is 9.94. The summed E-state index contributed by atoms with van der Waals surface area (Å²) in [5.74, 6) is 0.283. The first-order chi connectivity index (χ1) is 9.19. The monoisotopic (exact) mass is 284 g/mol. The van der Waals surface area contributed by atoms with Crippen molar-refractivity contribution in [2.75, 3.05) is 39.8 Å². The highest BCUT2D eigenvalue weighted by molar-refractivity contribution is 7.09. The van der Waals surface area contributed by atoms with Crippen molar-refractivity contribution in [2.24, 2.45) is 5.92 Å². The Kier molecular flexibility index (Phi) is 5.78. The normalized spacial score (nSPS) is 25.1. The molecule has 108 valence electrons. The molecule has 0 radical (unpaired) electrons. The number of piperidine rings is 1. The van der Waals surface area contributed by atoms with Crippen LogP contribution in [0.25, 0.3) is 0 Å². The minimum atomic E-state index is -0.208. The number of aliphatic hydroxyl groups excluding tert-OH is 2. The maximum absolute atomic E-state index is 10.1. The van der Waals surface area contributed by atoms with Crippen LogP contribution in [0, 0.1) is 5.92 Å². The van der Waals surface area contributed by atoms with E-state index in [9.17, 15) is 10.2 Å². The first-order valence-electron chi connectivity index (χ1n) is 6.91. The van der Waals surface area contributed by atoms with Crippen molar-refractivity contribution >= 4 is 11.3 Å². The molecule has 0 amide bonds. The van der Waals surface area contributed by atoms with Crippen molar-refractivity contribution in [1.82, 2.24) is 9.80 Å². The Bertz CT molecular complexity index is 358. The molecule has 2 N–H and O–H groups in total. The van der Waals surface area contributed by atoms with E-state index in [0.29, 0.717) is 6.54 Å². The van der Waals surface area contributed by atoms with E-state index < -0.39 is 0 Å². The molecule has 1 aromatic rings. The van der Waals surface area contributed by atoms with Crippen LogP contribution in [0.5, 0.6) is 0 Å². The van der Waals surface area contributed by atoms with Crippen molar-refractivity contribution in [2.45, 2.75) is 19.1 Å². The van der Waals surface area contributed by atoms with Gasteiger partial charge in [0.2, 0.25) is 0 Å². The zero-order valence-corrected chi connectivity index (χ0v) is 12.4. The highest BCUT2D eigenvalue weighted by Crippen LogP contribution is 2.19. The molecule has 1 aliphatic rings. The summed E-state index contributed by atoms with van der Waals surface area (Å²) in [5.41, 5.74) is 0. The van der Waals surface area contributed by atoms with Crippen LogP contribution >= 0.6 is 11.3 Å². The Morgan fingerprint density at radius 3 is 3.05 bits per heavy atom. The first kappa shape index (κ1) is 14.9. The predicted molar refractivity (Wildman–Crippen MR) is 78.3 cm³/mol. The molecular weight excluding hydrogens is 260 g/mol. The Labute approximate surface area is 119 Å². The van der Waals surface area contributed by atoms with E-state index in [4.69, 9.17) is 0 Å². The van der Waals surface area contributed by atoms with E-state index >= 15 is 0 Å². The van der Waals surface area contributed by atoms with E-state index in [-0.39, 0.29) is 18.6 Å². The van der Waals surface area contributed by atoms with Crippen LogP contribution in [-0.2, 0) is 6.54 Å². The van der Waals surface area contributed by atoms with Crippen LogP contribution < -0.4 is 0 Å². The van der Waals surface area contributed by atoms with Crippen molar-refractivity contribution in [3.8, 4) is 0 Å². The topological polar surface area (TPSA) is 46.9 Å². The minimum Gasteiger partial charge on any atom is -0.395 e. The maximum atomic E-state index is 10.1. The molecule has 0 unspecified atom stereocenters. The van der Waals surface area contributed by atoms with Gasteiger partial charge in [0.15, 0.2) is 0 Å². The fraction of sp³-hybridized carbons (Fsp3) is 0.714. The van der Waals surface area contributed by atoms with Crippen LogP contribution in [0.2, 0.25) is 0 Å². The molecule has 1 aliphatic heterocycles. The minimum absolute atomic E-state index is 0.171. The van der Waals surface area contributed by atoms with Gasteiger partial charge in [0.05, 0.1) is 12.7 Å². The summed E-state index contributed by atoms with van der Waals surface area (Å²) in [4.78, 5) is 5.84. The number of nitrogens with zero attached hydrogens (tertiary/aromatic N) is 2. The lowest BCUT2D eigenvalue weighted by Crippen LogP contribution is -2.46. The van der Waals surface area contributed by atoms with Crippen LogP contribution in [0.4, 0.5) is 0 Å². The highest BCUT2D eigenvalue weighted by atomic mass is 32.1. The van der Waals surface area contributed by atoms with E-state index in [1.807, 2.05) is 0 Å². The van der Waals surface area contributed by atoms with E-state index in [0.717, 1.165) is 32.6 Å². The molecular formula is C14H24N2O2S.